The summed E-state index contributed by atoms with van der Waals surface area (Å²) < 4.78 is 34.9. The molecule has 8 nitrogen and oxygen atoms in total. The molecule has 0 aliphatic heterocycles. The zero-order valence-corrected chi connectivity index (χ0v) is 38.4. The quantitative estimate of drug-likeness (QED) is 0.0216. The third-order valence-corrected chi connectivity index (χ3v) is 9.86. The molecule has 0 spiro atoms. The van der Waals surface area contributed by atoms with Crippen LogP contribution in [0.5, 0.6) is 0 Å². The van der Waals surface area contributed by atoms with Crippen molar-refractivity contribution < 1.29 is 37.3 Å². The maximum atomic E-state index is 12.7. The Morgan fingerprint density at radius 1 is 0.552 bits per heavy atom. The van der Waals surface area contributed by atoms with Gasteiger partial charge in [-0.25, -0.2) is 4.57 Å². The smallest absolute Gasteiger partial charge is 0.457 e. The molecule has 0 heterocycles. The Bertz CT molecular complexity index is 1240. The number of carbonyl (C=O) groups excluding carboxylic acids is 1. The van der Waals surface area contributed by atoms with Crippen LogP contribution in [0.2, 0.25) is 0 Å². The predicted octanol–water partition coefficient (Wildman–Crippen LogP) is 13.4. The monoisotopic (exact) mass is 831 g/mol. The highest BCUT2D eigenvalue weighted by atomic mass is 31.2. The summed E-state index contributed by atoms with van der Waals surface area (Å²) in [6.07, 6.45) is 55.9. The second kappa shape index (κ2) is 41.2. The van der Waals surface area contributed by atoms with Crippen LogP contribution in [0.3, 0.4) is 0 Å². The van der Waals surface area contributed by atoms with Crippen molar-refractivity contribution in [1.29, 1.82) is 0 Å². The minimum Gasteiger partial charge on any atom is -0.457 e. The molecule has 0 radical (unpaired) electrons. The lowest BCUT2D eigenvalue weighted by Crippen LogP contribution is -2.37. The van der Waals surface area contributed by atoms with Crippen LogP contribution < -0.4 is 0 Å². The van der Waals surface area contributed by atoms with Gasteiger partial charge in [0.05, 0.1) is 34.4 Å². The zero-order chi connectivity index (χ0) is 42.7. The number of ether oxygens (including phenoxy) is 2. The van der Waals surface area contributed by atoms with Crippen molar-refractivity contribution in [2.24, 2.45) is 0 Å². The van der Waals surface area contributed by atoms with Gasteiger partial charge in [-0.3, -0.25) is 13.8 Å². The number of likely N-dealkylation sites (N-methyl/N-ethyl adjacent to an activating group) is 1. The van der Waals surface area contributed by atoms with Crippen molar-refractivity contribution in [3.8, 4) is 0 Å². The number of carbonyl (C=O) groups is 1. The number of phosphoric ester groups is 1. The van der Waals surface area contributed by atoms with Gasteiger partial charge in [0.25, 0.3) is 0 Å². The van der Waals surface area contributed by atoms with Crippen molar-refractivity contribution >= 4 is 13.8 Å². The first-order valence-electron chi connectivity index (χ1n) is 22.5. The molecule has 0 saturated heterocycles. The fourth-order valence-corrected chi connectivity index (χ4v) is 6.14. The highest BCUT2D eigenvalue weighted by Crippen LogP contribution is 2.43. The minimum absolute atomic E-state index is 0.0730. The average molecular weight is 831 g/mol. The van der Waals surface area contributed by atoms with Crippen molar-refractivity contribution in [3.63, 3.8) is 0 Å². The molecule has 2 unspecified atom stereocenters. The molecule has 0 aliphatic rings. The van der Waals surface area contributed by atoms with Crippen LogP contribution in [0.4, 0.5) is 0 Å². The Morgan fingerprint density at radius 3 is 1.50 bits per heavy atom. The van der Waals surface area contributed by atoms with Crippen molar-refractivity contribution in [2.75, 3.05) is 54.1 Å². The number of nitrogens with zero attached hydrogens (tertiary/aromatic N) is 1. The standard InChI is InChI=1S/C49H84NO7P/c1-6-8-10-12-14-16-18-20-22-23-24-25-26-27-28-29-31-33-35-37-39-41-44-54-46-48(47-56-58(52,53)55-45-43-50(3,4)5)57-49(51)42-40-38-36-34-32-30-21-19-17-15-13-11-9-7-2/h8,10,13-16,19-22,24-25,27-28,31,33,48H,6-7,9,11-12,17-18,23,26,29-30,32,34-47H2,1-5H3/p+1/b10-8-,15-13-,16-14-,21-19-,22-20-,25-24-,28-27-,33-31-. The molecule has 0 aromatic carbocycles. The van der Waals surface area contributed by atoms with E-state index in [0.717, 1.165) is 109 Å². The van der Waals surface area contributed by atoms with Crippen LogP contribution >= 0.6 is 7.82 Å². The summed E-state index contributed by atoms with van der Waals surface area (Å²) in [5, 5.41) is 0. The zero-order valence-electron chi connectivity index (χ0n) is 37.5. The Kier molecular flexibility index (Phi) is 39.3. The highest BCUT2D eigenvalue weighted by Gasteiger charge is 2.26. The molecule has 0 aromatic heterocycles. The van der Waals surface area contributed by atoms with Gasteiger partial charge in [0.2, 0.25) is 0 Å². The van der Waals surface area contributed by atoms with Gasteiger partial charge in [0, 0.05) is 13.0 Å². The van der Waals surface area contributed by atoms with E-state index in [2.05, 4.69) is 111 Å². The molecule has 58 heavy (non-hydrogen) atoms. The third kappa shape index (κ3) is 44.5. The lowest BCUT2D eigenvalue weighted by molar-refractivity contribution is -0.870. The molecule has 0 aliphatic carbocycles. The van der Waals surface area contributed by atoms with Gasteiger partial charge in [-0.15, -0.1) is 0 Å². The number of rotatable bonds is 40. The largest absolute Gasteiger partial charge is 0.472 e. The van der Waals surface area contributed by atoms with Crippen molar-refractivity contribution in [3.05, 3.63) is 97.2 Å². The van der Waals surface area contributed by atoms with E-state index in [1.165, 1.54) is 19.3 Å². The Morgan fingerprint density at radius 2 is 1.00 bits per heavy atom. The van der Waals surface area contributed by atoms with Crippen LogP contribution in [-0.2, 0) is 27.9 Å². The average Bonchev–Trinajstić information content (AvgIpc) is 3.18. The van der Waals surface area contributed by atoms with Crippen molar-refractivity contribution in [1.82, 2.24) is 0 Å². The van der Waals surface area contributed by atoms with Gasteiger partial charge < -0.3 is 18.9 Å². The Hall–Kier alpha value is -2.58. The SMILES string of the molecule is CC/C=C\C/C=C\C/C=C\C/C=C\C/C=C\C/C=C\CCCCCOCC(COP(=O)(O)OCC[N+](C)(C)C)OC(=O)CCCCCCC/C=C\C/C=C\CCCC. The van der Waals surface area contributed by atoms with Crippen LogP contribution in [0.25, 0.3) is 0 Å². The maximum Gasteiger partial charge on any atom is 0.472 e. The summed E-state index contributed by atoms with van der Waals surface area (Å²) in [5.74, 6) is -0.345. The molecule has 1 N–H and O–H groups in total. The van der Waals surface area contributed by atoms with Gasteiger partial charge in [-0.05, 0) is 89.9 Å². The maximum absolute atomic E-state index is 12.7. The topological polar surface area (TPSA) is 91.3 Å². The minimum atomic E-state index is -4.30. The molecule has 0 fully saturated rings. The first-order valence-corrected chi connectivity index (χ1v) is 24.0. The number of hydrogen-bond donors (Lipinski definition) is 1. The summed E-state index contributed by atoms with van der Waals surface area (Å²) in [6, 6.07) is 0. The number of quaternary nitrogens is 1. The lowest BCUT2D eigenvalue weighted by Gasteiger charge is -2.24. The molecule has 0 amide bonds. The second-order valence-corrected chi connectivity index (χ2v) is 17.1. The lowest BCUT2D eigenvalue weighted by atomic mass is 10.1. The number of hydrogen-bond acceptors (Lipinski definition) is 6. The second-order valence-electron chi connectivity index (χ2n) is 15.7. The van der Waals surface area contributed by atoms with E-state index in [-0.39, 0.29) is 25.8 Å². The number of allylic oxidation sites excluding steroid dienone is 16. The molecule has 0 saturated carbocycles. The Labute approximate surface area is 356 Å². The van der Waals surface area contributed by atoms with Crippen molar-refractivity contribution in [2.45, 2.75) is 155 Å². The summed E-state index contributed by atoms with van der Waals surface area (Å²) in [7, 11) is 1.62. The fourth-order valence-electron chi connectivity index (χ4n) is 5.39. The van der Waals surface area contributed by atoms with E-state index in [0.29, 0.717) is 24.1 Å². The first kappa shape index (κ1) is 55.4. The fraction of sp³-hybridized carbons (Fsp3) is 0.653. The van der Waals surface area contributed by atoms with Gasteiger partial charge >= 0.3 is 13.8 Å². The van der Waals surface area contributed by atoms with Crippen LogP contribution in [0.15, 0.2) is 97.2 Å². The molecule has 2 atom stereocenters. The summed E-state index contributed by atoms with van der Waals surface area (Å²) >= 11 is 0. The van der Waals surface area contributed by atoms with Gasteiger partial charge in [-0.2, -0.15) is 0 Å². The highest BCUT2D eigenvalue weighted by molar-refractivity contribution is 7.47. The molecule has 9 heteroatoms. The van der Waals surface area contributed by atoms with E-state index in [9.17, 15) is 14.3 Å². The van der Waals surface area contributed by atoms with Gasteiger partial charge in [0.15, 0.2) is 0 Å². The van der Waals surface area contributed by atoms with Gasteiger partial charge in [-0.1, -0.05) is 150 Å². The van der Waals surface area contributed by atoms with Gasteiger partial charge in [0.1, 0.15) is 19.3 Å². The number of phosphoric acid groups is 1. The van der Waals surface area contributed by atoms with Crippen LogP contribution in [0.1, 0.15) is 149 Å². The van der Waals surface area contributed by atoms with Crippen LogP contribution in [-0.4, -0.2) is 75.6 Å². The van der Waals surface area contributed by atoms with Crippen LogP contribution in [0, 0.1) is 0 Å². The molecular formula is C49H85NO7P+. The normalized spacial score (nSPS) is 14.7. The van der Waals surface area contributed by atoms with E-state index in [1.807, 2.05) is 21.1 Å². The predicted molar refractivity (Wildman–Crippen MR) is 247 cm³/mol. The Balaban J connectivity index is 4.33. The third-order valence-electron chi connectivity index (χ3n) is 8.88. The van der Waals surface area contributed by atoms with E-state index in [4.69, 9.17) is 18.5 Å². The van der Waals surface area contributed by atoms with E-state index in [1.54, 1.807) is 0 Å². The molecule has 0 aromatic rings. The summed E-state index contributed by atoms with van der Waals surface area (Å²) in [4.78, 5) is 22.9. The van der Waals surface area contributed by atoms with E-state index < -0.39 is 13.9 Å². The molecular weight excluding hydrogens is 746 g/mol. The summed E-state index contributed by atoms with van der Waals surface area (Å²) in [5.41, 5.74) is 0. The summed E-state index contributed by atoms with van der Waals surface area (Å²) in [6.45, 7) is 5.33. The first-order chi connectivity index (χ1) is 28.1. The molecule has 332 valence electrons. The van der Waals surface area contributed by atoms with E-state index >= 15 is 0 Å². The number of unbranched alkanes of at least 4 members (excludes halogenated alkanes) is 10. The molecule has 0 bridgehead atoms. The number of esters is 1. The molecule has 0 rings (SSSR count).